The van der Waals surface area contributed by atoms with Gasteiger partial charge in [-0.1, -0.05) is 0 Å². The molecule has 0 saturated carbocycles. The largest absolute Gasteiger partial charge is 0.212 e. The molecule has 1 rings (SSSR count). The predicted octanol–water partition coefficient (Wildman–Crippen LogP) is 1.50. The normalized spacial score (nSPS) is 21.6. The van der Waals surface area contributed by atoms with Gasteiger partial charge < -0.3 is 0 Å². The fraction of sp³-hybridized carbons (Fsp3) is 0.900. The maximum Gasteiger partial charge on any atom is 0.211 e. The van der Waals surface area contributed by atoms with E-state index in [1.54, 1.807) is 11.8 Å². The molecule has 4 nitrogen and oxygen atoms in total. The molecule has 1 heterocycles. The standard InChI is InChI=1S/C10H18N2O2S2/c11-6-2-1-3-8-16(13,14)12-10-5-4-7-15-9-10/h10,12H,1-5,7-9H2/t10-/m0/s1. The van der Waals surface area contributed by atoms with Crippen LogP contribution in [0.15, 0.2) is 0 Å². The zero-order valence-electron chi connectivity index (χ0n) is 9.31. The van der Waals surface area contributed by atoms with Crippen LogP contribution in [0.2, 0.25) is 0 Å². The Hall–Kier alpha value is -0.250. The molecule has 0 aromatic heterocycles. The van der Waals surface area contributed by atoms with Gasteiger partial charge >= 0.3 is 0 Å². The minimum atomic E-state index is -3.13. The fourth-order valence-corrected chi connectivity index (χ4v) is 4.23. The molecule has 1 N–H and O–H groups in total. The first-order valence-electron chi connectivity index (χ1n) is 5.59. The van der Waals surface area contributed by atoms with Crippen LogP contribution in [0.3, 0.4) is 0 Å². The van der Waals surface area contributed by atoms with Gasteiger partial charge in [0.05, 0.1) is 11.8 Å². The lowest BCUT2D eigenvalue weighted by atomic mass is 10.2. The Morgan fingerprint density at radius 3 is 2.88 bits per heavy atom. The Balaban J connectivity index is 2.25. The molecule has 0 aliphatic carbocycles. The highest BCUT2D eigenvalue weighted by Crippen LogP contribution is 2.17. The summed E-state index contributed by atoms with van der Waals surface area (Å²) in [6.45, 7) is 0. The number of rotatable bonds is 6. The van der Waals surface area contributed by atoms with Crippen molar-refractivity contribution in [3.63, 3.8) is 0 Å². The van der Waals surface area contributed by atoms with Gasteiger partial charge in [-0.25, -0.2) is 13.1 Å². The van der Waals surface area contributed by atoms with Crippen LogP contribution in [0.1, 0.15) is 32.1 Å². The van der Waals surface area contributed by atoms with E-state index in [1.165, 1.54) is 0 Å². The quantitative estimate of drug-likeness (QED) is 0.736. The summed E-state index contributed by atoms with van der Waals surface area (Å²) < 4.78 is 26.1. The average molecular weight is 262 g/mol. The van der Waals surface area contributed by atoms with Gasteiger partial charge in [0.2, 0.25) is 10.0 Å². The molecule has 6 heteroatoms. The van der Waals surface area contributed by atoms with E-state index in [9.17, 15) is 8.42 Å². The summed E-state index contributed by atoms with van der Waals surface area (Å²) in [5, 5.41) is 8.34. The molecule has 0 bridgehead atoms. The third-order valence-electron chi connectivity index (χ3n) is 2.46. The number of nitriles is 1. The van der Waals surface area contributed by atoms with Crippen molar-refractivity contribution in [3.8, 4) is 6.07 Å². The van der Waals surface area contributed by atoms with Crippen LogP contribution in [-0.4, -0.2) is 31.7 Å². The smallest absolute Gasteiger partial charge is 0.211 e. The molecular formula is C10H18N2O2S2. The van der Waals surface area contributed by atoms with Crippen LogP contribution in [-0.2, 0) is 10.0 Å². The Morgan fingerprint density at radius 1 is 1.44 bits per heavy atom. The van der Waals surface area contributed by atoms with E-state index < -0.39 is 10.0 Å². The van der Waals surface area contributed by atoms with E-state index in [0.717, 1.165) is 24.3 Å². The first-order chi connectivity index (χ1) is 7.64. The van der Waals surface area contributed by atoms with Crippen LogP contribution >= 0.6 is 11.8 Å². The topological polar surface area (TPSA) is 70.0 Å². The Morgan fingerprint density at radius 2 is 2.25 bits per heavy atom. The maximum absolute atomic E-state index is 11.7. The number of unbranched alkanes of at least 4 members (excludes halogenated alkanes) is 2. The van der Waals surface area contributed by atoms with Crippen LogP contribution in [0.25, 0.3) is 0 Å². The summed E-state index contributed by atoms with van der Waals surface area (Å²) in [4.78, 5) is 0. The van der Waals surface area contributed by atoms with Gasteiger partial charge in [-0.05, 0) is 31.4 Å². The molecule has 1 saturated heterocycles. The first kappa shape index (κ1) is 13.8. The van der Waals surface area contributed by atoms with Crippen molar-refractivity contribution in [1.29, 1.82) is 5.26 Å². The number of hydrogen-bond donors (Lipinski definition) is 1. The lowest BCUT2D eigenvalue weighted by molar-refractivity contribution is 0.540. The molecule has 0 unspecified atom stereocenters. The SMILES string of the molecule is N#CCCCCS(=O)(=O)N[C@H]1CCCSC1. The molecule has 0 radical (unpaired) electrons. The van der Waals surface area contributed by atoms with Crippen molar-refractivity contribution in [3.05, 3.63) is 0 Å². The molecular weight excluding hydrogens is 244 g/mol. The zero-order valence-corrected chi connectivity index (χ0v) is 10.9. The Labute approximate surface area is 102 Å². The van der Waals surface area contributed by atoms with Crippen LogP contribution in [0, 0.1) is 11.3 Å². The third-order valence-corrected chi connectivity index (χ3v) is 5.19. The number of sulfonamides is 1. The van der Waals surface area contributed by atoms with Crippen molar-refractivity contribution < 1.29 is 8.42 Å². The number of nitrogens with one attached hydrogen (secondary N) is 1. The maximum atomic E-state index is 11.7. The van der Waals surface area contributed by atoms with Gasteiger partial charge in [0, 0.05) is 18.2 Å². The predicted molar refractivity (Wildman–Crippen MR) is 66.7 cm³/mol. The van der Waals surface area contributed by atoms with Crippen LogP contribution in [0.4, 0.5) is 0 Å². The van der Waals surface area contributed by atoms with E-state index in [-0.39, 0.29) is 11.8 Å². The highest BCUT2D eigenvalue weighted by atomic mass is 32.2. The Kier molecular flexibility index (Phi) is 6.17. The van der Waals surface area contributed by atoms with Crippen molar-refractivity contribution >= 4 is 21.8 Å². The van der Waals surface area contributed by atoms with Crippen LogP contribution < -0.4 is 4.72 Å². The molecule has 1 atom stereocenters. The fourth-order valence-electron chi connectivity index (χ4n) is 1.64. The number of nitrogens with zero attached hydrogens (tertiary/aromatic N) is 1. The van der Waals surface area contributed by atoms with Gasteiger partial charge in [-0.3, -0.25) is 0 Å². The van der Waals surface area contributed by atoms with E-state index >= 15 is 0 Å². The lowest BCUT2D eigenvalue weighted by Gasteiger charge is -2.22. The van der Waals surface area contributed by atoms with Crippen molar-refractivity contribution in [1.82, 2.24) is 4.72 Å². The first-order valence-corrected chi connectivity index (χ1v) is 8.39. The second-order valence-electron chi connectivity index (χ2n) is 3.97. The molecule has 0 spiro atoms. The number of thioether (sulfide) groups is 1. The molecule has 1 aliphatic rings. The molecule has 0 aromatic rings. The summed E-state index contributed by atoms with van der Waals surface area (Å²) >= 11 is 1.81. The summed E-state index contributed by atoms with van der Waals surface area (Å²) in [6, 6.07) is 2.13. The van der Waals surface area contributed by atoms with Gasteiger partial charge in [0.15, 0.2) is 0 Å². The third kappa shape index (κ3) is 5.73. The van der Waals surface area contributed by atoms with Crippen molar-refractivity contribution in [2.45, 2.75) is 38.1 Å². The van der Waals surface area contributed by atoms with Crippen molar-refractivity contribution in [2.75, 3.05) is 17.3 Å². The summed E-state index contributed by atoms with van der Waals surface area (Å²) in [5.74, 6) is 2.17. The molecule has 16 heavy (non-hydrogen) atoms. The Bertz CT molecular complexity index is 329. The average Bonchev–Trinajstić information content (AvgIpc) is 2.25. The second kappa shape index (κ2) is 7.15. The van der Waals surface area contributed by atoms with E-state index in [2.05, 4.69) is 4.72 Å². The highest BCUT2D eigenvalue weighted by molar-refractivity contribution is 7.99. The second-order valence-corrected chi connectivity index (χ2v) is 6.99. The van der Waals surface area contributed by atoms with Gasteiger partial charge in [-0.15, -0.1) is 0 Å². The minimum Gasteiger partial charge on any atom is -0.212 e. The van der Waals surface area contributed by atoms with Gasteiger partial charge in [0.1, 0.15) is 0 Å². The molecule has 0 aromatic carbocycles. The highest BCUT2D eigenvalue weighted by Gasteiger charge is 2.19. The summed E-state index contributed by atoms with van der Waals surface area (Å²) in [7, 11) is -3.13. The minimum absolute atomic E-state index is 0.111. The monoisotopic (exact) mass is 262 g/mol. The van der Waals surface area contributed by atoms with E-state index in [4.69, 9.17) is 5.26 Å². The van der Waals surface area contributed by atoms with E-state index in [0.29, 0.717) is 19.3 Å². The molecule has 92 valence electrons. The van der Waals surface area contributed by atoms with Gasteiger partial charge in [-0.2, -0.15) is 17.0 Å². The lowest BCUT2D eigenvalue weighted by Crippen LogP contribution is -2.39. The van der Waals surface area contributed by atoms with Crippen LogP contribution in [0.5, 0.6) is 0 Å². The molecule has 0 amide bonds. The van der Waals surface area contributed by atoms with E-state index in [1.807, 2.05) is 6.07 Å². The summed E-state index contributed by atoms with van der Waals surface area (Å²) in [5.41, 5.74) is 0. The summed E-state index contributed by atoms with van der Waals surface area (Å²) in [6.07, 6.45) is 3.71. The zero-order chi connectivity index (χ0) is 11.9. The molecule has 1 aliphatic heterocycles. The molecule has 1 fully saturated rings. The number of hydrogen-bond acceptors (Lipinski definition) is 4. The van der Waals surface area contributed by atoms with Crippen molar-refractivity contribution in [2.24, 2.45) is 0 Å². The van der Waals surface area contributed by atoms with Gasteiger partial charge in [0.25, 0.3) is 0 Å².